The zero-order valence-corrected chi connectivity index (χ0v) is 11.9. The lowest BCUT2D eigenvalue weighted by atomic mass is 10.1. The molecule has 0 aromatic heterocycles. The molecule has 2 amide bonds. The lowest BCUT2D eigenvalue weighted by Gasteiger charge is -2.08. The van der Waals surface area contributed by atoms with E-state index < -0.39 is 11.8 Å². The predicted molar refractivity (Wildman–Crippen MR) is 75.1 cm³/mol. The van der Waals surface area contributed by atoms with Gasteiger partial charge in [0.05, 0.1) is 7.11 Å². The van der Waals surface area contributed by atoms with Gasteiger partial charge in [0.25, 0.3) is 0 Å². The van der Waals surface area contributed by atoms with Crippen molar-refractivity contribution < 1.29 is 14.3 Å². The van der Waals surface area contributed by atoms with Crippen LogP contribution in [0.15, 0.2) is 24.3 Å². The average Bonchev–Trinajstić information content (AvgIpc) is 2.48. The first-order chi connectivity index (χ1) is 9.19. The molecule has 5 heteroatoms. The molecule has 0 aliphatic heterocycles. The van der Waals surface area contributed by atoms with Gasteiger partial charge in [0, 0.05) is 13.6 Å². The first-order valence-electron chi connectivity index (χ1n) is 6.31. The molecule has 0 unspecified atom stereocenters. The van der Waals surface area contributed by atoms with Gasteiger partial charge < -0.3 is 15.4 Å². The van der Waals surface area contributed by atoms with Crippen LogP contribution in [0.1, 0.15) is 19.4 Å². The molecule has 0 fully saturated rings. The van der Waals surface area contributed by atoms with Crippen LogP contribution < -0.4 is 15.4 Å². The van der Waals surface area contributed by atoms with Gasteiger partial charge in [-0.1, -0.05) is 32.0 Å². The molecule has 19 heavy (non-hydrogen) atoms. The third-order valence-electron chi connectivity index (χ3n) is 2.31. The Balaban J connectivity index is 0.00000154. The van der Waals surface area contributed by atoms with Crippen molar-refractivity contribution in [2.45, 2.75) is 20.3 Å². The zero-order chi connectivity index (χ0) is 14.7. The topological polar surface area (TPSA) is 67.4 Å². The number of likely N-dealkylation sites (N-methyl/N-ethyl adjacent to an activating group) is 1. The number of nitrogens with one attached hydrogen (secondary N) is 2. The minimum Gasteiger partial charge on any atom is -0.496 e. The molecule has 1 aromatic carbocycles. The van der Waals surface area contributed by atoms with E-state index in [0.29, 0.717) is 13.0 Å². The van der Waals surface area contributed by atoms with Crippen molar-refractivity contribution in [3.63, 3.8) is 0 Å². The number of amides is 2. The highest BCUT2D eigenvalue weighted by atomic mass is 16.5. The number of benzene rings is 1. The maximum absolute atomic E-state index is 11.2. The molecule has 0 aliphatic carbocycles. The largest absolute Gasteiger partial charge is 0.496 e. The van der Waals surface area contributed by atoms with Gasteiger partial charge in [0.2, 0.25) is 0 Å². The molecule has 0 aliphatic rings. The maximum Gasteiger partial charge on any atom is 0.309 e. The Morgan fingerprint density at radius 2 is 1.79 bits per heavy atom. The standard InChI is InChI=1S/C12H16N2O3.C2H6/c1-13-11(15)12(16)14-8-7-9-5-3-4-6-10(9)17-2;1-2/h3-6H,7-8H2,1-2H3,(H,13,15)(H,14,16);1-2H3. The van der Waals surface area contributed by atoms with Gasteiger partial charge in [0.15, 0.2) is 0 Å². The number of rotatable bonds is 4. The summed E-state index contributed by atoms with van der Waals surface area (Å²) in [5.74, 6) is -0.478. The molecule has 0 bridgehead atoms. The van der Waals surface area contributed by atoms with E-state index in [2.05, 4.69) is 10.6 Å². The smallest absolute Gasteiger partial charge is 0.309 e. The molecule has 0 saturated carbocycles. The third kappa shape index (κ3) is 5.90. The number of hydrogen-bond donors (Lipinski definition) is 2. The van der Waals surface area contributed by atoms with Gasteiger partial charge in [-0.15, -0.1) is 0 Å². The highest BCUT2D eigenvalue weighted by Gasteiger charge is 2.10. The van der Waals surface area contributed by atoms with Crippen molar-refractivity contribution in [1.29, 1.82) is 0 Å². The molecule has 0 atom stereocenters. The number of carbonyl (C=O) groups is 2. The lowest BCUT2D eigenvalue weighted by Crippen LogP contribution is -2.38. The van der Waals surface area contributed by atoms with Crippen LogP contribution in [0.5, 0.6) is 5.75 Å². The molecule has 2 N–H and O–H groups in total. The Labute approximate surface area is 114 Å². The van der Waals surface area contributed by atoms with Crippen molar-refractivity contribution in [3.8, 4) is 5.75 Å². The summed E-state index contributed by atoms with van der Waals surface area (Å²) < 4.78 is 5.18. The molecule has 0 radical (unpaired) electrons. The number of hydrogen-bond acceptors (Lipinski definition) is 3. The van der Waals surface area contributed by atoms with Crippen molar-refractivity contribution in [2.75, 3.05) is 20.7 Å². The molecule has 0 spiro atoms. The fourth-order valence-corrected chi connectivity index (χ4v) is 1.41. The molecule has 0 saturated heterocycles. The Kier molecular flexibility index (Phi) is 8.87. The highest BCUT2D eigenvalue weighted by Crippen LogP contribution is 2.16. The van der Waals surface area contributed by atoms with E-state index in [4.69, 9.17) is 4.74 Å². The van der Waals surface area contributed by atoms with Gasteiger partial charge in [-0.3, -0.25) is 9.59 Å². The Morgan fingerprint density at radius 3 is 2.37 bits per heavy atom. The number of carbonyl (C=O) groups excluding carboxylic acids is 2. The van der Waals surface area contributed by atoms with E-state index in [9.17, 15) is 9.59 Å². The van der Waals surface area contributed by atoms with E-state index in [-0.39, 0.29) is 0 Å². The van der Waals surface area contributed by atoms with Crippen LogP contribution in [-0.2, 0) is 16.0 Å². The van der Waals surface area contributed by atoms with Crippen molar-refractivity contribution in [1.82, 2.24) is 10.6 Å². The number of ether oxygens (including phenoxy) is 1. The van der Waals surface area contributed by atoms with Crippen molar-refractivity contribution >= 4 is 11.8 Å². The fraction of sp³-hybridized carbons (Fsp3) is 0.429. The summed E-state index contributed by atoms with van der Waals surface area (Å²) in [6.45, 7) is 4.40. The van der Waals surface area contributed by atoms with Gasteiger partial charge in [-0.25, -0.2) is 0 Å². The summed E-state index contributed by atoms with van der Waals surface area (Å²) in [6, 6.07) is 7.56. The van der Waals surface area contributed by atoms with E-state index in [1.54, 1.807) is 7.11 Å². The zero-order valence-electron chi connectivity index (χ0n) is 11.9. The third-order valence-corrected chi connectivity index (χ3v) is 2.31. The van der Waals surface area contributed by atoms with Crippen molar-refractivity contribution in [3.05, 3.63) is 29.8 Å². The Hall–Kier alpha value is -2.04. The second-order valence-corrected chi connectivity index (χ2v) is 3.40. The molecule has 5 nitrogen and oxygen atoms in total. The fourth-order valence-electron chi connectivity index (χ4n) is 1.41. The summed E-state index contributed by atoms with van der Waals surface area (Å²) >= 11 is 0. The van der Waals surface area contributed by atoms with Gasteiger partial charge in [-0.2, -0.15) is 0 Å². The normalized spacial score (nSPS) is 8.84. The predicted octanol–water partition coefficient (Wildman–Crippen LogP) is 1.13. The van der Waals surface area contributed by atoms with E-state index in [1.807, 2.05) is 38.1 Å². The minimum atomic E-state index is -0.634. The first kappa shape index (κ1) is 17.0. The van der Waals surface area contributed by atoms with Crippen molar-refractivity contribution in [2.24, 2.45) is 0 Å². The monoisotopic (exact) mass is 266 g/mol. The molecule has 0 heterocycles. The quantitative estimate of drug-likeness (QED) is 0.803. The summed E-state index contributed by atoms with van der Waals surface area (Å²) in [4.78, 5) is 22.1. The van der Waals surface area contributed by atoms with Gasteiger partial charge >= 0.3 is 11.8 Å². The second kappa shape index (κ2) is 9.94. The summed E-state index contributed by atoms with van der Waals surface area (Å²) in [5.41, 5.74) is 0.993. The SMILES string of the molecule is CC.CNC(=O)C(=O)NCCc1ccccc1OC. The molecular weight excluding hydrogens is 244 g/mol. The molecular formula is C14H22N2O3. The number of methoxy groups -OCH3 is 1. The molecule has 1 rings (SSSR count). The van der Waals surface area contributed by atoms with Gasteiger partial charge in [0.1, 0.15) is 5.75 Å². The first-order valence-corrected chi connectivity index (χ1v) is 6.31. The maximum atomic E-state index is 11.2. The van der Waals surface area contributed by atoms with E-state index >= 15 is 0 Å². The van der Waals surface area contributed by atoms with Crippen LogP contribution in [0.25, 0.3) is 0 Å². The molecule has 106 valence electrons. The van der Waals surface area contributed by atoms with Gasteiger partial charge in [-0.05, 0) is 18.1 Å². The summed E-state index contributed by atoms with van der Waals surface area (Å²) in [5, 5.41) is 4.79. The summed E-state index contributed by atoms with van der Waals surface area (Å²) in [6.07, 6.45) is 0.618. The van der Waals surface area contributed by atoms with E-state index in [0.717, 1.165) is 11.3 Å². The Bertz CT molecular complexity index is 405. The second-order valence-electron chi connectivity index (χ2n) is 3.40. The van der Waals surface area contributed by atoms with Crippen LogP contribution in [-0.4, -0.2) is 32.5 Å². The molecule has 1 aromatic rings. The van der Waals surface area contributed by atoms with Crippen LogP contribution in [0, 0.1) is 0 Å². The van der Waals surface area contributed by atoms with Crippen LogP contribution >= 0.6 is 0 Å². The highest BCUT2D eigenvalue weighted by molar-refractivity contribution is 6.34. The van der Waals surface area contributed by atoms with Crippen LogP contribution in [0.3, 0.4) is 0 Å². The minimum absolute atomic E-state index is 0.395. The van der Waals surface area contributed by atoms with Crippen LogP contribution in [0.2, 0.25) is 0 Å². The number of para-hydroxylation sites is 1. The summed E-state index contributed by atoms with van der Waals surface area (Å²) in [7, 11) is 3.02. The average molecular weight is 266 g/mol. The van der Waals surface area contributed by atoms with Crippen LogP contribution in [0.4, 0.5) is 0 Å². The Morgan fingerprint density at radius 1 is 1.16 bits per heavy atom. The lowest BCUT2D eigenvalue weighted by molar-refractivity contribution is -0.138. The van der Waals surface area contributed by atoms with E-state index in [1.165, 1.54) is 7.05 Å².